The van der Waals surface area contributed by atoms with Crippen molar-refractivity contribution in [1.29, 1.82) is 5.26 Å². The second-order valence-electron chi connectivity index (χ2n) is 18.6. The first-order valence-corrected chi connectivity index (χ1v) is 26.1. The summed E-state index contributed by atoms with van der Waals surface area (Å²) < 4.78 is 75.7. The molecule has 2 aliphatic rings. The highest BCUT2D eigenvalue weighted by Gasteiger charge is 2.53. The molecule has 0 saturated carbocycles. The molecule has 23 heteroatoms. The number of methoxy groups -OCH3 is 2. The summed E-state index contributed by atoms with van der Waals surface area (Å²) >= 11 is 0. The van der Waals surface area contributed by atoms with Crippen LogP contribution < -0.4 is 20.7 Å². The van der Waals surface area contributed by atoms with E-state index in [1.54, 1.807) is 14.2 Å². The highest BCUT2D eigenvalue weighted by molar-refractivity contribution is 7.44. The third-order valence-electron chi connectivity index (χ3n) is 12.4. The van der Waals surface area contributed by atoms with Crippen molar-refractivity contribution >= 4 is 32.4 Å². The van der Waals surface area contributed by atoms with Crippen LogP contribution in [0.1, 0.15) is 96.7 Å². The van der Waals surface area contributed by atoms with Crippen LogP contribution in [-0.2, 0) is 78.3 Å². The van der Waals surface area contributed by atoms with Gasteiger partial charge in [0.25, 0.3) is 14.1 Å². The lowest BCUT2D eigenvalue weighted by atomic mass is 9.80. The number of benzene rings is 3. The highest BCUT2D eigenvalue weighted by Crippen LogP contribution is 2.51. The van der Waals surface area contributed by atoms with Crippen LogP contribution >= 0.6 is 8.53 Å². The summed E-state index contributed by atoms with van der Waals surface area (Å²) in [5.41, 5.74) is -0.865. The molecule has 3 heterocycles. The minimum absolute atomic E-state index is 0.0217. The van der Waals surface area contributed by atoms with E-state index in [0.717, 1.165) is 44.4 Å². The SMILES string of the molecule is COc1ccc(C(OC[C@H]2O[C@@H](n3cc(CO[C@@H]4O[C@H](COC(C)=O)[C@@H](OC(C)=O)[C@H](OC(C)=O)[C@H]4OC(C)=O)c(=O)[nH]c3=O)C[C@@H]2OP(OCCC#N)N(C(C)C)C(C)C)(c2ccccc2)c2ccc(OC)cc2)cc1. The minimum Gasteiger partial charge on any atom is -0.497 e. The zero-order valence-electron chi connectivity index (χ0n) is 44.7. The smallest absolute Gasteiger partial charge is 0.330 e. The zero-order chi connectivity index (χ0) is 56.0. The number of H-pyrrole nitrogens is 1. The first-order chi connectivity index (χ1) is 36.8. The Morgan fingerprint density at radius 3 is 1.84 bits per heavy atom. The molecule has 416 valence electrons. The topological polar surface area (TPSA) is 261 Å². The monoisotopic (exact) mass is 1090 g/mol. The minimum atomic E-state index is -1.88. The van der Waals surface area contributed by atoms with Crippen molar-refractivity contribution in [3.05, 3.63) is 128 Å². The molecule has 2 aliphatic heterocycles. The van der Waals surface area contributed by atoms with Gasteiger partial charge in [0.1, 0.15) is 42.1 Å². The van der Waals surface area contributed by atoms with E-state index in [-0.39, 0.29) is 43.7 Å². The fraction of sp³-hybridized carbons (Fsp3) is 0.500. The number of aromatic nitrogens is 2. The van der Waals surface area contributed by atoms with Gasteiger partial charge in [-0.2, -0.15) is 5.26 Å². The average molecular weight is 1090 g/mol. The Morgan fingerprint density at radius 2 is 1.31 bits per heavy atom. The van der Waals surface area contributed by atoms with Gasteiger partial charge in [-0.1, -0.05) is 54.6 Å². The Morgan fingerprint density at radius 1 is 0.753 bits per heavy atom. The second kappa shape index (κ2) is 27.7. The molecular formula is C54H67N4O18P. The first kappa shape index (κ1) is 59.7. The van der Waals surface area contributed by atoms with Crippen LogP contribution in [0, 0.1) is 11.3 Å². The fourth-order valence-electron chi connectivity index (χ4n) is 9.16. The summed E-state index contributed by atoms with van der Waals surface area (Å²) in [5, 5.41) is 9.50. The van der Waals surface area contributed by atoms with Gasteiger partial charge in [-0.3, -0.25) is 33.5 Å². The van der Waals surface area contributed by atoms with Gasteiger partial charge in [-0.05, 0) is 68.7 Å². The summed E-state index contributed by atoms with van der Waals surface area (Å²) in [6.07, 6.45) is -9.05. The normalized spacial score (nSPS) is 21.8. The number of rotatable bonds is 25. The number of ether oxygens (including phenoxy) is 10. The number of nitrogens with one attached hydrogen (secondary N) is 1. The van der Waals surface area contributed by atoms with Crippen LogP contribution in [-0.4, -0.2) is 127 Å². The van der Waals surface area contributed by atoms with Crippen LogP contribution in [0.2, 0.25) is 0 Å². The van der Waals surface area contributed by atoms with Crippen molar-refractivity contribution in [2.75, 3.05) is 34.0 Å². The molecule has 0 aliphatic carbocycles. The maximum atomic E-state index is 14.0. The van der Waals surface area contributed by atoms with Crippen molar-refractivity contribution in [3.63, 3.8) is 0 Å². The van der Waals surface area contributed by atoms with E-state index in [9.17, 15) is 34.0 Å². The van der Waals surface area contributed by atoms with Crippen LogP contribution in [0.25, 0.3) is 0 Å². The Labute approximate surface area is 447 Å². The molecule has 0 amide bonds. The van der Waals surface area contributed by atoms with Gasteiger partial charge in [0, 0.05) is 52.4 Å². The van der Waals surface area contributed by atoms with Crippen molar-refractivity contribution in [2.45, 2.75) is 142 Å². The molecule has 1 aromatic heterocycles. The quantitative estimate of drug-likeness (QED) is 0.0258. The van der Waals surface area contributed by atoms with E-state index < -0.39 is 112 Å². The molecule has 1 N–H and O–H groups in total. The summed E-state index contributed by atoms with van der Waals surface area (Å²) in [7, 11) is 1.29. The molecule has 0 radical (unpaired) electrons. The van der Waals surface area contributed by atoms with E-state index >= 15 is 0 Å². The number of esters is 4. The third kappa shape index (κ3) is 15.1. The molecule has 77 heavy (non-hydrogen) atoms. The number of carbonyl (C=O) groups is 4. The van der Waals surface area contributed by atoms with Gasteiger partial charge in [0.2, 0.25) is 0 Å². The van der Waals surface area contributed by atoms with E-state index in [4.69, 9.17) is 56.4 Å². The highest BCUT2D eigenvalue weighted by atomic mass is 31.2. The van der Waals surface area contributed by atoms with Crippen LogP contribution in [0.3, 0.4) is 0 Å². The Hall–Kier alpha value is -6.54. The van der Waals surface area contributed by atoms with Gasteiger partial charge in [-0.25, -0.2) is 9.46 Å². The Bertz CT molecular complexity index is 2710. The Kier molecular flexibility index (Phi) is 21.5. The molecule has 2 saturated heterocycles. The molecule has 1 unspecified atom stereocenters. The van der Waals surface area contributed by atoms with Crippen molar-refractivity contribution in [1.82, 2.24) is 14.2 Å². The summed E-state index contributed by atoms with van der Waals surface area (Å²) in [6, 6.07) is 26.6. The van der Waals surface area contributed by atoms with E-state index in [1.165, 1.54) is 10.8 Å². The van der Waals surface area contributed by atoms with Gasteiger partial charge in [0.05, 0.1) is 58.2 Å². The molecule has 22 nitrogen and oxygen atoms in total. The average Bonchev–Trinajstić information content (AvgIpc) is 3.80. The number of nitrogens with zero attached hydrogens (tertiary/aromatic N) is 3. The summed E-state index contributed by atoms with van der Waals surface area (Å²) in [4.78, 5) is 79.2. The summed E-state index contributed by atoms with van der Waals surface area (Å²) in [6.45, 7) is 11.2. The molecule has 0 bridgehead atoms. The van der Waals surface area contributed by atoms with Gasteiger partial charge >= 0.3 is 29.6 Å². The predicted octanol–water partition coefficient (Wildman–Crippen LogP) is 6.11. The van der Waals surface area contributed by atoms with E-state index in [1.807, 2.05) is 107 Å². The van der Waals surface area contributed by atoms with Crippen molar-refractivity contribution < 1.29 is 75.6 Å². The lowest BCUT2D eigenvalue weighted by molar-refractivity contribution is -0.310. The largest absolute Gasteiger partial charge is 0.497 e. The number of hydrogen-bond acceptors (Lipinski definition) is 20. The van der Waals surface area contributed by atoms with E-state index in [2.05, 4.69) is 15.7 Å². The van der Waals surface area contributed by atoms with Crippen LogP contribution in [0.15, 0.2) is 94.6 Å². The number of hydrogen-bond donors (Lipinski definition) is 1. The predicted molar refractivity (Wildman–Crippen MR) is 275 cm³/mol. The maximum Gasteiger partial charge on any atom is 0.330 e. The number of nitriles is 1. The lowest BCUT2D eigenvalue weighted by Crippen LogP contribution is -2.62. The number of aromatic amines is 1. The molecular weight excluding hydrogens is 1020 g/mol. The van der Waals surface area contributed by atoms with Gasteiger partial charge in [0.15, 0.2) is 24.6 Å². The molecule has 0 spiro atoms. The van der Waals surface area contributed by atoms with Gasteiger partial charge in [-0.15, -0.1) is 0 Å². The zero-order valence-corrected chi connectivity index (χ0v) is 45.6. The lowest BCUT2D eigenvalue weighted by Gasteiger charge is -2.44. The maximum absolute atomic E-state index is 14.0. The van der Waals surface area contributed by atoms with Crippen molar-refractivity contribution in [2.24, 2.45) is 0 Å². The molecule has 4 aromatic rings. The van der Waals surface area contributed by atoms with Crippen molar-refractivity contribution in [3.8, 4) is 17.6 Å². The number of carbonyl (C=O) groups excluding carboxylic acids is 4. The third-order valence-corrected chi connectivity index (χ3v) is 14.6. The first-order valence-electron chi connectivity index (χ1n) is 24.9. The van der Waals surface area contributed by atoms with Crippen LogP contribution in [0.5, 0.6) is 11.5 Å². The van der Waals surface area contributed by atoms with Crippen LogP contribution in [0.4, 0.5) is 0 Å². The fourth-order valence-corrected chi connectivity index (χ4v) is 10.9. The standard InChI is InChI=1S/C54H67N4O18P/c1-32(2)58(33(3)4)77(70-26-14-25-55)76-44-27-47(74-45(44)31-69-54(39-15-12-11-13-16-39,40-17-21-42(65-9)22-18-40)41-19-23-43(66-10)24-20-41)57-28-38(51(63)56-53(57)64)29-68-52-50(73-37(8)62)49(72-36(7)61)48(71-35(6)60)46(75-52)30-67-34(5)59/h11-13,15-24,28,32-33,44-50,52H,14,26-27,29-31H2,1-10H3,(H,56,63,64)/t44-,45+,46+,47+,48+,49-,50+,52+,77?/m0/s1. The molecule has 9 atom stereocenters. The molecule has 3 aromatic carbocycles. The molecule has 2 fully saturated rings. The van der Waals surface area contributed by atoms with Gasteiger partial charge < -0.3 is 56.4 Å². The van der Waals surface area contributed by atoms with E-state index in [0.29, 0.717) is 11.5 Å². The second-order valence-corrected chi connectivity index (χ2v) is 20.0. The summed E-state index contributed by atoms with van der Waals surface area (Å²) in [5.74, 6) is -1.99. The molecule has 6 rings (SSSR count). The Balaban J connectivity index is 1.41.